The van der Waals surface area contributed by atoms with Crippen LogP contribution in [0.1, 0.15) is 71.2 Å². The number of ether oxygens (including phenoxy) is 2. The van der Waals surface area contributed by atoms with E-state index in [0.717, 1.165) is 30.6 Å². The number of amides is 1. The number of nitrogens with zero attached hydrogens (tertiary/aromatic N) is 5. The van der Waals surface area contributed by atoms with Crippen molar-refractivity contribution >= 4 is 29.3 Å². The zero-order valence-electron chi connectivity index (χ0n) is 23.4. The molecule has 0 spiro atoms. The summed E-state index contributed by atoms with van der Waals surface area (Å²) in [6.45, 7) is 4.95. The first-order valence-electron chi connectivity index (χ1n) is 13.4. The Bertz CT molecular complexity index is 1230. The Kier molecular flexibility index (Phi) is 8.41. The lowest BCUT2D eigenvalue weighted by Crippen LogP contribution is -2.43. The number of pyridine rings is 1. The van der Waals surface area contributed by atoms with Gasteiger partial charge < -0.3 is 19.7 Å². The molecule has 1 saturated carbocycles. The highest BCUT2D eigenvalue weighted by molar-refractivity contribution is 6.12. The van der Waals surface area contributed by atoms with E-state index in [2.05, 4.69) is 20.3 Å². The van der Waals surface area contributed by atoms with Gasteiger partial charge in [0.15, 0.2) is 12.4 Å². The van der Waals surface area contributed by atoms with E-state index in [-0.39, 0.29) is 24.4 Å². The molecule has 2 aliphatic rings. The minimum Gasteiger partial charge on any atom is -0.474 e. The van der Waals surface area contributed by atoms with Crippen LogP contribution in [0.2, 0.25) is 0 Å². The third-order valence-electron chi connectivity index (χ3n) is 7.14. The van der Waals surface area contributed by atoms with Crippen molar-refractivity contribution in [3.05, 3.63) is 29.7 Å². The molecule has 1 aliphatic carbocycles. The molecule has 218 valence electrons. The Labute approximate surface area is 231 Å². The van der Waals surface area contributed by atoms with Crippen molar-refractivity contribution in [1.82, 2.24) is 19.9 Å². The van der Waals surface area contributed by atoms with Crippen LogP contribution in [0.5, 0.6) is 5.88 Å². The van der Waals surface area contributed by atoms with E-state index >= 15 is 0 Å². The number of aromatic nitrogens is 3. The van der Waals surface area contributed by atoms with E-state index in [0.29, 0.717) is 28.8 Å². The average molecular weight is 564 g/mol. The predicted molar refractivity (Wildman–Crippen MR) is 144 cm³/mol. The highest BCUT2D eigenvalue weighted by Crippen LogP contribution is 2.47. The number of hydrogen-bond acceptors (Lipinski definition) is 8. The van der Waals surface area contributed by atoms with Gasteiger partial charge in [-0.3, -0.25) is 15.1 Å². The summed E-state index contributed by atoms with van der Waals surface area (Å²) in [5.74, 6) is 1.05. The zero-order valence-corrected chi connectivity index (χ0v) is 23.4. The van der Waals surface area contributed by atoms with Gasteiger partial charge in [0.25, 0.3) is 6.02 Å². The Morgan fingerprint density at radius 2 is 1.93 bits per heavy atom. The summed E-state index contributed by atoms with van der Waals surface area (Å²) in [4.78, 5) is 29.3. The van der Waals surface area contributed by atoms with Crippen LogP contribution in [-0.2, 0) is 21.6 Å². The van der Waals surface area contributed by atoms with Crippen molar-refractivity contribution in [3.63, 3.8) is 0 Å². The number of hydrogen-bond donors (Lipinski definition) is 2. The molecule has 0 bridgehead atoms. The van der Waals surface area contributed by atoms with Crippen molar-refractivity contribution in [2.24, 2.45) is 0 Å². The number of rotatable bonds is 8. The van der Waals surface area contributed by atoms with E-state index in [1.54, 1.807) is 53.1 Å². The fourth-order valence-electron chi connectivity index (χ4n) is 5.03. The molecule has 0 saturated heterocycles. The first-order chi connectivity index (χ1) is 18.8. The lowest BCUT2D eigenvalue weighted by molar-refractivity contribution is -0.142. The van der Waals surface area contributed by atoms with Gasteiger partial charge in [0.2, 0.25) is 11.8 Å². The first-order valence-corrected chi connectivity index (χ1v) is 13.4. The Morgan fingerprint density at radius 1 is 1.23 bits per heavy atom. The summed E-state index contributed by atoms with van der Waals surface area (Å²) in [7, 11) is 1.65. The second-order valence-electron chi connectivity index (χ2n) is 10.9. The molecule has 13 heteroatoms. The molecule has 2 aromatic rings. The number of carbonyl (C=O) groups is 1. The molecule has 0 aromatic carbocycles. The molecule has 1 aliphatic heterocycles. The molecule has 4 rings (SSSR count). The number of carbonyl (C=O) groups excluding carboxylic acids is 1. The molecular weight excluding hydrogens is 527 g/mol. The van der Waals surface area contributed by atoms with Gasteiger partial charge in [-0.15, -0.1) is 0 Å². The monoisotopic (exact) mass is 563 g/mol. The average Bonchev–Trinajstić information content (AvgIpc) is 3.10. The third kappa shape index (κ3) is 6.23. The van der Waals surface area contributed by atoms with Crippen molar-refractivity contribution in [2.75, 3.05) is 23.8 Å². The van der Waals surface area contributed by atoms with E-state index in [9.17, 15) is 18.0 Å². The first kappa shape index (κ1) is 29.3. The number of nitrogens with one attached hydrogen (secondary N) is 2. The summed E-state index contributed by atoms with van der Waals surface area (Å²) in [5.41, 5.74) is 0.0876. The van der Waals surface area contributed by atoms with Crippen LogP contribution < -0.4 is 15.0 Å². The zero-order chi connectivity index (χ0) is 29.2. The molecule has 0 radical (unpaired) electrons. The van der Waals surface area contributed by atoms with Crippen LogP contribution in [0.3, 0.4) is 0 Å². The van der Waals surface area contributed by atoms with Crippen LogP contribution in [0, 0.1) is 5.41 Å². The molecule has 40 heavy (non-hydrogen) atoms. The van der Waals surface area contributed by atoms with Crippen LogP contribution in [-0.4, -0.2) is 63.7 Å². The molecule has 1 fully saturated rings. The molecule has 3 heterocycles. The quantitative estimate of drug-likeness (QED) is 0.328. The fourth-order valence-corrected chi connectivity index (χ4v) is 5.03. The topological polar surface area (TPSA) is 117 Å². The maximum absolute atomic E-state index is 13.6. The minimum atomic E-state index is -4.50. The smallest absolute Gasteiger partial charge is 0.406 e. The van der Waals surface area contributed by atoms with Gasteiger partial charge in [0.05, 0.1) is 22.9 Å². The lowest BCUT2D eigenvalue weighted by atomic mass is 9.87. The summed E-state index contributed by atoms with van der Waals surface area (Å²) >= 11 is 0. The van der Waals surface area contributed by atoms with Crippen LogP contribution in [0.4, 0.5) is 30.5 Å². The second kappa shape index (κ2) is 11.5. The summed E-state index contributed by atoms with van der Waals surface area (Å²) in [6, 6.07) is 2.22. The Balaban J connectivity index is 1.60. The van der Waals surface area contributed by atoms with Crippen LogP contribution >= 0.6 is 0 Å². The van der Waals surface area contributed by atoms with Crippen LogP contribution in [0.25, 0.3) is 0 Å². The molecule has 2 N–H and O–H groups in total. The van der Waals surface area contributed by atoms with Crippen molar-refractivity contribution in [3.8, 4) is 5.88 Å². The number of anilines is 3. The van der Waals surface area contributed by atoms with Crippen LogP contribution in [0.15, 0.2) is 18.3 Å². The largest absolute Gasteiger partial charge is 0.474 e. The number of amidine groups is 1. The SMILES string of the molecule is CNc1nc(COC(=N)N(CC(F)(F)F)C(C)C)nc2c1C(C)(C)C(=O)N2c1ccc(OC2CCCCC2)nc1. The van der Waals surface area contributed by atoms with Gasteiger partial charge in [-0.1, -0.05) is 6.42 Å². The maximum atomic E-state index is 13.6. The predicted octanol–water partition coefficient (Wildman–Crippen LogP) is 5.30. The minimum absolute atomic E-state index is 0.101. The van der Waals surface area contributed by atoms with Crippen molar-refractivity contribution in [2.45, 2.75) is 90.1 Å². The van der Waals surface area contributed by atoms with E-state index in [1.165, 1.54) is 11.3 Å². The molecule has 0 atom stereocenters. The van der Waals surface area contributed by atoms with Gasteiger partial charge in [-0.05, 0) is 59.4 Å². The fraction of sp³-hybridized carbons (Fsp3) is 0.593. The highest BCUT2D eigenvalue weighted by atomic mass is 19.4. The van der Waals surface area contributed by atoms with Gasteiger partial charge in [-0.2, -0.15) is 13.2 Å². The van der Waals surface area contributed by atoms with Gasteiger partial charge in [0.1, 0.15) is 24.3 Å². The standard InChI is InChI=1S/C27H36F3N7O3/c1-16(2)36(15-27(28,29)30)25(31)39-14-19-34-22(32-5)21-23(35-19)37(24(38)26(21,3)4)17-11-12-20(33-13-17)40-18-9-7-6-8-10-18/h11-13,16,18,31H,6-10,14-15H2,1-5H3,(H,32,34,35). The summed E-state index contributed by atoms with van der Waals surface area (Å²) in [5, 5.41) is 11.1. The summed E-state index contributed by atoms with van der Waals surface area (Å²) < 4.78 is 50.5. The second-order valence-corrected chi connectivity index (χ2v) is 10.9. The van der Waals surface area contributed by atoms with Gasteiger partial charge in [-0.25, -0.2) is 15.0 Å². The number of halogens is 3. The summed E-state index contributed by atoms with van der Waals surface area (Å²) in [6.07, 6.45) is 2.66. The number of fused-ring (bicyclic) bond motifs is 1. The van der Waals surface area contributed by atoms with Gasteiger partial charge in [0, 0.05) is 19.2 Å². The molecule has 2 aromatic heterocycles. The Morgan fingerprint density at radius 3 is 2.50 bits per heavy atom. The third-order valence-corrected chi connectivity index (χ3v) is 7.14. The Hall–Kier alpha value is -3.64. The van der Waals surface area contributed by atoms with Gasteiger partial charge >= 0.3 is 6.18 Å². The van der Waals surface area contributed by atoms with E-state index < -0.39 is 30.2 Å². The molecular formula is C27H36F3N7O3. The maximum Gasteiger partial charge on any atom is 0.406 e. The highest BCUT2D eigenvalue weighted by Gasteiger charge is 2.48. The normalized spacial score (nSPS) is 17.1. The molecule has 10 nitrogen and oxygen atoms in total. The lowest BCUT2D eigenvalue weighted by Gasteiger charge is -2.29. The molecule has 0 unspecified atom stereocenters. The van der Waals surface area contributed by atoms with E-state index in [4.69, 9.17) is 14.9 Å². The molecule has 1 amide bonds. The van der Waals surface area contributed by atoms with Crippen molar-refractivity contribution < 1.29 is 27.4 Å². The number of alkyl halides is 3. The van der Waals surface area contributed by atoms with E-state index in [1.807, 2.05) is 0 Å². The van der Waals surface area contributed by atoms with Crippen molar-refractivity contribution in [1.29, 1.82) is 5.41 Å².